The fourth-order valence-electron chi connectivity index (χ4n) is 2.69. The maximum Gasteiger partial charge on any atom is 0.326 e. The molecule has 1 heterocycles. The van der Waals surface area contributed by atoms with E-state index in [-0.39, 0.29) is 13.0 Å². The number of methoxy groups -OCH3 is 1. The number of nitrogens with one attached hydrogen (secondary N) is 1. The van der Waals surface area contributed by atoms with Crippen molar-refractivity contribution in [3.63, 3.8) is 0 Å². The molecule has 2 rings (SSSR count). The Morgan fingerprint density at radius 1 is 1.35 bits per heavy atom. The number of hydrogen-bond donors (Lipinski definition) is 2. The Bertz CT molecular complexity index is 804. The van der Waals surface area contributed by atoms with E-state index in [1.165, 1.54) is 7.11 Å². The van der Waals surface area contributed by atoms with E-state index in [0.717, 1.165) is 5.56 Å². The van der Waals surface area contributed by atoms with Crippen LogP contribution >= 0.6 is 11.6 Å². The van der Waals surface area contributed by atoms with Crippen molar-refractivity contribution < 1.29 is 19.4 Å². The maximum atomic E-state index is 12.6. The second kappa shape index (κ2) is 8.82. The number of carboxylic acids is 1. The molecule has 0 saturated carbocycles. The molecule has 0 aliphatic carbocycles. The van der Waals surface area contributed by atoms with Crippen LogP contribution in [0.4, 0.5) is 0 Å². The summed E-state index contributed by atoms with van der Waals surface area (Å²) in [6, 6.07) is 6.40. The number of aryl methyl sites for hydroxylation is 1. The van der Waals surface area contributed by atoms with Crippen molar-refractivity contribution in [1.29, 1.82) is 0 Å². The second-order valence-electron chi connectivity index (χ2n) is 5.94. The normalized spacial score (nSPS) is 12.0. The molecule has 0 aliphatic heterocycles. The molecule has 1 aromatic carbocycles. The van der Waals surface area contributed by atoms with Gasteiger partial charge in [-0.2, -0.15) is 5.10 Å². The molecule has 0 saturated heterocycles. The zero-order valence-corrected chi connectivity index (χ0v) is 15.7. The number of halogens is 1. The van der Waals surface area contributed by atoms with Crippen molar-refractivity contribution in [3.8, 4) is 0 Å². The van der Waals surface area contributed by atoms with Crippen molar-refractivity contribution in [2.75, 3.05) is 13.7 Å². The summed E-state index contributed by atoms with van der Waals surface area (Å²) in [7, 11) is 1.48. The van der Waals surface area contributed by atoms with Gasteiger partial charge in [-0.25, -0.2) is 4.79 Å². The largest absolute Gasteiger partial charge is 0.480 e. The number of carbonyl (C=O) groups excluding carboxylic acids is 1. The minimum absolute atomic E-state index is 0.184. The van der Waals surface area contributed by atoms with Crippen molar-refractivity contribution in [2.24, 2.45) is 0 Å². The van der Waals surface area contributed by atoms with E-state index in [1.807, 2.05) is 18.2 Å². The van der Waals surface area contributed by atoms with Crippen molar-refractivity contribution >= 4 is 23.5 Å². The Hall–Kier alpha value is -2.38. The zero-order valence-electron chi connectivity index (χ0n) is 15.0. The molecule has 26 heavy (non-hydrogen) atoms. The molecular weight excluding hydrogens is 358 g/mol. The Labute approximate surface area is 156 Å². The van der Waals surface area contributed by atoms with E-state index in [0.29, 0.717) is 28.5 Å². The number of aliphatic carboxylic acids is 1. The highest BCUT2D eigenvalue weighted by Gasteiger charge is 2.25. The van der Waals surface area contributed by atoms with Crippen LogP contribution in [0.3, 0.4) is 0 Å². The first-order valence-corrected chi connectivity index (χ1v) is 8.53. The first kappa shape index (κ1) is 19.9. The predicted molar refractivity (Wildman–Crippen MR) is 97.6 cm³/mol. The highest BCUT2D eigenvalue weighted by atomic mass is 35.5. The number of aromatic nitrogens is 2. The number of hydrogen-bond acceptors (Lipinski definition) is 4. The minimum atomic E-state index is -1.10. The lowest BCUT2D eigenvalue weighted by Gasteiger charge is -2.14. The number of amides is 1. The highest BCUT2D eigenvalue weighted by molar-refractivity contribution is 6.31. The second-order valence-corrected chi connectivity index (χ2v) is 6.35. The first-order chi connectivity index (χ1) is 12.3. The molecule has 0 fully saturated rings. The quantitative estimate of drug-likeness (QED) is 0.734. The monoisotopic (exact) mass is 379 g/mol. The summed E-state index contributed by atoms with van der Waals surface area (Å²) >= 11 is 6.19. The highest BCUT2D eigenvalue weighted by Crippen LogP contribution is 2.19. The Kier molecular flexibility index (Phi) is 6.76. The number of carboxylic acid groups (broad SMARTS) is 1. The van der Waals surface area contributed by atoms with Crippen LogP contribution in [0.5, 0.6) is 0 Å². The first-order valence-electron chi connectivity index (χ1n) is 8.15. The van der Waals surface area contributed by atoms with Gasteiger partial charge in [-0.1, -0.05) is 29.8 Å². The topological polar surface area (TPSA) is 93.5 Å². The van der Waals surface area contributed by atoms with E-state index in [4.69, 9.17) is 16.3 Å². The summed E-state index contributed by atoms with van der Waals surface area (Å²) in [5.41, 5.74) is 2.44. The fraction of sp³-hybridized carbons (Fsp3) is 0.389. The maximum absolute atomic E-state index is 12.6. The van der Waals surface area contributed by atoms with E-state index in [2.05, 4.69) is 10.4 Å². The third-order valence-electron chi connectivity index (χ3n) is 4.10. The van der Waals surface area contributed by atoms with Gasteiger partial charge in [-0.15, -0.1) is 0 Å². The van der Waals surface area contributed by atoms with Gasteiger partial charge in [0.15, 0.2) is 0 Å². The third-order valence-corrected chi connectivity index (χ3v) is 4.47. The molecule has 0 spiro atoms. The summed E-state index contributed by atoms with van der Waals surface area (Å²) in [5, 5.41) is 16.8. The summed E-state index contributed by atoms with van der Waals surface area (Å²) in [5.74, 6) is -1.57. The lowest BCUT2D eigenvalue weighted by atomic mass is 10.1. The van der Waals surface area contributed by atoms with Gasteiger partial charge in [0.2, 0.25) is 0 Å². The molecule has 7 nitrogen and oxygen atoms in total. The molecule has 2 aromatic rings. The van der Waals surface area contributed by atoms with Crippen molar-refractivity contribution in [3.05, 3.63) is 51.8 Å². The Morgan fingerprint density at radius 3 is 2.65 bits per heavy atom. The van der Waals surface area contributed by atoms with Gasteiger partial charge in [-0.3, -0.25) is 9.48 Å². The number of rotatable bonds is 8. The molecule has 8 heteroatoms. The van der Waals surface area contributed by atoms with Crippen LogP contribution in [0.2, 0.25) is 5.02 Å². The average molecular weight is 380 g/mol. The molecule has 0 bridgehead atoms. The number of nitrogens with zero attached hydrogens (tertiary/aromatic N) is 2. The smallest absolute Gasteiger partial charge is 0.326 e. The summed E-state index contributed by atoms with van der Waals surface area (Å²) in [6.07, 6.45) is 0.184. The van der Waals surface area contributed by atoms with Crippen LogP contribution < -0.4 is 5.32 Å². The molecule has 140 valence electrons. The Balaban J connectivity index is 2.22. The van der Waals surface area contributed by atoms with Crippen LogP contribution in [0, 0.1) is 13.8 Å². The van der Waals surface area contributed by atoms with Gasteiger partial charge in [0, 0.05) is 30.9 Å². The Morgan fingerprint density at radius 2 is 2.04 bits per heavy atom. The SMILES string of the molecule is COCCC(NC(=O)c1c(C)nn(Cc2ccccc2Cl)c1C)C(=O)O. The summed E-state index contributed by atoms with van der Waals surface area (Å²) in [6.45, 7) is 4.15. The van der Waals surface area contributed by atoms with Gasteiger partial charge in [-0.05, 0) is 25.5 Å². The summed E-state index contributed by atoms with van der Waals surface area (Å²) < 4.78 is 6.59. The van der Waals surface area contributed by atoms with Gasteiger partial charge in [0.25, 0.3) is 5.91 Å². The van der Waals surface area contributed by atoms with Crippen LogP contribution in [-0.4, -0.2) is 46.5 Å². The molecular formula is C18H22ClN3O4. The minimum Gasteiger partial charge on any atom is -0.480 e. The van der Waals surface area contributed by atoms with E-state index < -0.39 is 17.9 Å². The van der Waals surface area contributed by atoms with E-state index in [9.17, 15) is 14.7 Å². The average Bonchev–Trinajstić information content (AvgIpc) is 2.87. The van der Waals surface area contributed by atoms with Gasteiger partial charge >= 0.3 is 5.97 Å². The molecule has 1 amide bonds. The van der Waals surface area contributed by atoms with E-state index in [1.54, 1.807) is 24.6 Å². The summed E-state index contributed by atoms with van der Waals surface area (Å²) in [4.78, 5) is 23.9. The van der Waals surface area contributed by atoms with Crippen molar-refractivity contribution in [2.45, 2.75) is 32.9 Å². The van der Waals surface area contributed by atoms with E-state index >= 15 is 0 Å². The van der Waals surface area contributed by atoms with Crippen LogP contribution in [-0.2, 0) is 16.1 Å². The standard InChI is InChI=1S/C18H22ClN3O4/c1-11-16(17(23)20-15(18(24)25)8-9-26-3)12(2)22(21-11)10-13-6-4-5-7-14(13)19/h4-7,15H,8-10H2,1-3H3,(H,20,23)(H,24,25). The molecule has 1 aromatic heterocycles. The zero-order chi connectivity index (χ0) is 19.3. The number of ether oxygens (including phenoxy) is 1. The molecule has 0 radical (unpaired) electrons. The molecule has 1 atom stereocenters. The number of benzene rings is 1. The lowest BCUT2D eigenvalue weighted by molar-refractivity contribution is -0.139. The third kappa shape index (κ3) is 4.62. The fourth-order valence-corrected chi connectivity index (χ4v) is 2.89. The van der Waals surface area contributed by atoms with Crippen LogP contribution in [0.25, 0.3) is 0 Å². The van der Waals surface area contributed by atoms with Crippen molar-refractivity contribution in [1.82, 2.24) is 15.1 Å². The van der Waals surface area contributed by atoms with Crippen LogP contribution in [0.15, 0.2) is 24.3 Å². The molecule has 0 aliphatic rings. The number of carbonyl (C=O) groups is 2. The van der Waals surface area contributed by atoms with Gasteiger partial charge in [0.1, 0.15) is 6.04 Å². The van der Waals surface area contributed by atoms with Gasteiger partial charge < -0.3 is 15.2 Å². The van der Waals surface area contributed by atoms with Gasteiger partial charge in [0.05, 0.1) is 17.8 Å². The lowest BCUT2D eigenvalue weighted by Crippen LogP contribution is -2.41. The van der Waals surface area contributed by atoms with Crippen LogP contribution in [0.1, 0.15) is 33.7 Å². The predicted octanol–water partition coefficient (Wildman–Crippen LogP) is 2.42. The molecule has 2 N–H and O–H groups in total. The molecule has 1 unspecified atom stereocenters.